The number of nitrogens with zero attached hydrogens (tertiary/aromatic N) is 4. The summed E-state index contributed by atoms with van der Waals surface area (Å²) < 4.78 is 2.01. The van der Waals surface area contributed by atoms with Gasteiger partial charge in [-0.1, -0.05) is 0 Å². The van der Waals surface area contributed by atoms with Crippen LogP contribution in [0.5, 0.6) is 0 Å². The van der Waals surface area contributed by atoms with E-state index in [2.05, 4.69) is 27.2 Å². The van der Waals surface area contributed by atoms with Crippen LogP contribution < -0.4 is 5.32 Å². The van der Waals surface area contributed by atoms with E-state index >= 15 is 0 Å². The minimum absolute atomic E-state index is 0.136. The number of nitrogens with one attached hydrogen (secondary N) is 1. The van der Waals surface area contributed by atoms with E-state index in [1.807, 2.05) is 4.57 Å². The molecule has 0 aromatic carbocycles. The van der Waals surface area contributed by atoms with Crippen molar-refractivity contribution in [3.8, 4) is 0 Å². The van der Waals surface area contributed by atoms with Crippen molar-refractivity contribution in [2.45, 2.75) is 51.3 Å². The Morgan fingerprint density at radius 1 is 1.32 bits per heavy atom. The Bertz CT molecular complexity index is 559. The van der Waals surface area contributed by atoms with Gasteiger partial charge in [-0.05, 0) is 32.6 Å². The molecular formula is C13H19N5O. The van der Waals surface area contributed by atoms with Crippen molar-refractivity contribution in [3.63, 3.8) is 0 Å². The van der Waals surface area contributed by atoms with Crippen molar-refractivity contribution in [2.24, 2.45) is 0 Å². The summed E-state index contributed by atoms with van der Waals surface area (Å²) in [5.41, 5.74) is 1.70. The topological polar surface area (TPSA) is 75.9 Å². The average Bonchev–Trinajstić information content (AvgIpc) is 2.84. The minimum Gasteiger partial charge on any atom is -0.393 e. The van der Waals surface area contributed by atoms with Crippen molar-refractivity contribution in [1.82, 2.24) is 19.5 Å². The summed E-state index contributed by atoms with van der Waals surface area (Å²) >= 11 is 0. The van der Waals surface area contributed by atoms with Crippen LogP contribution in [0.3, 0.4) is 0 Å². The normalized spacial score (nSPS) is 23.7. The maximum absolute atomic E-state index is 9.50. The van der Waals surface area contributed by atoms with E-state index in [-0.39, 0.29) is 6.10 Å². The summed E-state index contributed by atoms with van der Waals surface area (Å²) in [5, 5.41) is 12.9. The Hall–Kier alpha value is -1.69. The maximum atomic E-state index is 9.50. The van der Waals surface area contributed by atoms with E-state index in [4.69, 9.17) is 0 Å². The number of hydrogen-bond acceptors (Lipinski definition) is 5. The number of aryl methyl sites for hydroxylation is 1. The maximum Gasteiger partial charge on any atom is 0.224 e. The van der Waals surface area contributed by atoms with Gasteiger partial charge in [-0.2, -0.15) is 4.98 Å². The molecule has 0 unspecified atom stereocenters. The van der Waals surface area contributed by atoms with Crippen molar-refractivity contribution in [3.05, 3.63) is 12.5 Å². The molecule has 0 radical (unpaired) electrons. The second-order valence-corrected chi connectivity index (χ2v) is 5.08. The lowest BCUT2D eigenvalue weighted by molar-refractivity contribution is 0.126. The van der Waals surface area contributed by atoms with Gasteiger partial charge in [0.25, 0.3) is 0 Å². The number of anilines is 1. The summed E-state index contributed by atoms with van der Waals surface area (Å²) in [7, 11) is 0. The van der Waals surface area contributed by atoms with E-state index in [1.54, 1.807) is 12.5 Å². The molecule has 0 saturated heterocycles. The molecule has 102 valence electrons. The first kappa shape index (κ1) is 12.3. The predicted octanol–water partition coefficient (Wildman–Crippen LogP) is 1.56. The van der Waals surface area contributed by atoms with Gasteiger partial charge in [0.1, 0.15) is 5.52 Å². The highest BCUT2D eigenvalue weighted by molar-refractivity contribution is 5.70. The molecule has 1 aliphatic rings. The molecule has 0 atom stereocenters. The highest BCUT2D eigenvalue weighted by Crippen LogP contribution is 2.21. The fourth-order valence-electron chi connectivity index (χ4n) is 2.56. The van der Waals surface area contributed by atoms with Crippen LogP contribution in [0.4, 0.5) is 5.95 Å². The van der Waals surface area contributed by atoms with E-state index in [0.717, 1.165) is 43.4 Å². The number of aromatic nitrogens is 4. The second-order valence-electron chi connectivity index (χ2n) is 5.08. The van der Waals surface area contributed by atoms with Crippen LogP contribution in [-0.2, 0) is 6.54 Å². The first-order valence-corrected chi connectivity index (χ1v) is 6.88. The molecule has 2 aromatic heterocycles. The fraction of sp³-hybridized carbons (Fsp3) is 0.615. The molecule has 2 heterocycles. The Labute approximate surface area is 111 Å². The third-order valence-electron chi connectivity index (χ3n) is 3.73. The molecule has 0 amide bonds. The van der Waals surface area contributed by atoms with Crippen LogP contribution in [0.1, 0.15) is 32.6 Å². The van der Waals surface area contributed by atoms with E-state index in [9.17, 15) is 5.11 Å². The quantitative estimate of drug-likeness (QED) is 0.877. The van der Waals surface area contributed by atoms with Crippen LogP contribution in [0, 0.1) is 0 Å². The highest BCUT2D eigenvalue weighted by atomic mass is 16.3. The lowest BCUT2D eigenvalue weighted by Crippen LogP contribution is -2.28. The minimum atomic E-state index is -0.136. The van der Waals surface area contributed by atoms with Gasteiger partial charge in [-0.3, -0.25) is 0 Å². The van der Waals surface area contributed by atoms with Crippen LogP contribution in [0.15, 0.2) is 12.5 Å². The largest absolute Gasteiger partial charge is 0.393 e. The van der Waals surface area contributed by atoms with E-state index < -0.39 is 0 Å². The Morgan fingerprint density at radius 3 is 2.84 bits per heavy atom. The Morgan fingerprint density at radius 2 is 2.11 bits per heavy atom. The molecule has 0 spiro atoms. The number of hydrogen-bond donors (Lipinski definition) is 2. The first-order chi connectivity index (χ1) is 9.26. The zero-order valence-corrected chi connectivity index (χ0v) is 11.1. The third kappa shape index (κ3) is 2.53. The molecule has 6 heteroatoms. The molecule has 6 nitrogen and oxygen atoms in total. The van der Waals surface area contributed by atoms with Gasteiger partial charge >= 0.3 is 0 Å². The summed E-state index contributed by atoms with van der Waals surface area (Å²) in [6.45, 7) is 2.92. The molecular weight excluding hydrogens is 242 g/mol. The third-order valence-corrected chi connectivity index (χ3v) is 3.73. The van der Waals surface area contributed by atoms with Crippen LogP contribution >= 0.6 is 0 Å². The summed E-state index contributed by atoms with van der Waals surface area (Å²) in [6.07, 6.45) is 7.06. The number of imidazole rings is 1. The zero-order chi connectivity index (χ0) is 13.2. The van der Waals surface area contributed by atoms with Crippen LogP contribution in [-0.4, -0.2) is 36.8 Å². The predicted molar refractivity (Wildman–Crippen MR) is 72.9 cm³/mol. The molecule has 1 aliphatic carbocycles. The van der Waals surface area contributed by atoms with Crippen LogP contribution in [0.2, 0.25) is 0 Å². The van der Waals surface area contributed by atoms with Gasteiger partial charge in [0.15, 0.2) is 5.65 Å². The zero-order valence-electron chi connectivity index (χ0n) is 11.1. The van der Waals surface area contributed by atoms with Crippen molar-refractivity contribution in [2.75, 3.05) is 5.32 Å². The van der Waals surface area contributed by atoms with Gasteiger partial charge in [-0.15, -0.1) is 0 Å². The van der Waals surface area contributed by atoms with E-state index in [0.29, 0.717) is 12.0 Å². The molecule has 1 saturated carbocycles. The molecule has 1 fully saturated rings. The summed E-state index contributed by atoms with van der Waals surface area (Å²) in [6, 6.07) is 0.360. The van der Waals surface area contributed by atoms with Gasteiger partial charge in [-0.25, -0.2) is 9.97 Å². The van der Waals surface area contributed by atoms with Crippen molar-refractivity contribution < 1.29 is 5.11 Å². The Balaban J connectivity index is 1.77. The molecule has 0 aliphatic heterocycles. The molecule has 19 heavy (non-hydrogen) atoms. The monoisotopic (exact) mass is 261 g/mol. The molecule has 3 rings (SSSR count). The SMILES string of the molecule is CCn1cnc2cnc(NC3CCC(O)CC3)nc21. The number of aliphatic hydroxyl groups excluding tert-OH is 1. The summed E-state index contributed by atoms with van der Waals surface area (Å²) in [5.74, 6) is 0.657. The number of aliphatic hydroxyl groups is 1. The summed E-state index contributed by atoms with van der Waals surface area (Å²) in [4.78, 5) is 13.1. The van der Waals surface area contributed by atoms with Gasteiger partial charge in [0, 0.05) is 12.6 Å². The molecule has 2 aromatic rings. The Kier molecular flexibility index (Phi) is 3.33. The van der Waals surface area contributed by atoms with Crippen LogP contribution in [0.25, 0.3) is 11.2 Å². The van der Waals surface area contributed by atoms with Crippen molar-refractivity contribution in [1.29, 1.82) is 0 Å². The van der Waals surface area contributed by atoms with Gasteiger partial charge < -0.3 is 15.0 Å². The van der Waals surface area contributed by atoms with Gasteiger partial charge in [0.05, 0.1) is 18.6 Å². The lowest BCUT2D eigenvalue weighted by Gasteiger charge is -2.26. The molecule has 2 N–H and O–H groups in total. The number of fused-ring (bicyclic) bond motifs is 1. The molecule has 0 bridgehead atoms. The van der Waals surface area contributed by atoms with Crippen molar-refractivity contribution >= 4 is 17.1 Å². The average molecular weight is 261 g/mol. The standard InChI is InChI=1S/C13H19N5O/c1-2-18-8-15-11-7-14-13(17-12(11)18)16-9-3-5-10(19)6-4-9/h7-10,19H,2-6H2,1H3,(H,14,16,17). The smallest absolute Gasteiger partial charge is 0.224 e. The lowest BCUT2D eigenvalue weighted by atomic mass is 9.93. The fourth-order valence-corrected chi connectivity index (χ4v) is 2.56. The van der Waals surface area contributed by atoms with E-state index in [1.165, 1.54) is 0 Å². The highest BCUT2D eigenvalue weighted by Gasteiger charge is 2.20. The van der Waals surface area contributed by atoms with Gasteiger partial charge in [0.2, 0.25) is 5.95 Å². The number of rotatable bonds is 3. The first-order valence-electron chi connectivity index (χ1n) is 6.88. The second kappa shape index (κ2) is 5.13.